The van der Waals surface area contributed by atoms with E-state index in [1.165, 1.54) is 30.9 Å². The SMILES string of the molecule is CC1C(c2ncco2)=NC(N)=CN1Cc1ncccc1C(F)(F)F. The van der Waals surface area contributed by atoms with Gasteiger partial charge in [0.15, 0.2) is 0 Å². The molecule has 0 amide bonds. The Morgan fingerprint density at radius 2 is 2.08 bits per heavy atom. The molecular formula is C15H14F3N5O. The number of hydrogen-bond donors (Lipinski definition) is 1. The molecule has 0 fully saturated rings. The molecule has 0 aromatic carbocycles. The van der Waals surface area contributed by atoms with Crippen LogP contribution < -0.4 is 5.73 Å². The van der Waals surface area contributed by atoms with Crippen LogP contribution in [0.3, 0.4) is 0 Å². The molecule has 0 spiro atoms. The summed E-state index contributed by atoms with van der Waals surface area (Å²) in [6, 6.07) is 1.89. The van der Waals surface area contributed by atoms with Gasteiger partial charge in [0.2, 0.25) is 5.89 Å². The van der Waals surface area contributed by atoms with Gasteiger partial charge in [-0.15, -0.1) is 0 Å². The van der Waals surface area contributed by atoms with Crippen molar-refractivity contribution in [3.05, 3.63) is 60.0 Å². The van der Waals surface area contributed by atoms with E-state index in [4.69, 9.17) is 10.2 Å². The fourth-order valence-electron chi connectivity index (χ4n) is 2.45. The Kier molecular flexibility index (Phi) is 4.00. The van der Waals surface area contributed by atoms with Crippen molar-refractivity contribution in [2.75, 3.05) is 0 Å². The van der Waals surface area contributed by atoms with Gasteiger partial charge in [-0.05, 0) is 19.1 Å². The standard InChI is InChI=1S/C15H14F3N5O/c1-9-13(14-21-5-6-24-14)22-12(19)8-23(9)7-11-10(15(16,17)18)3-2-4-20-11/h2-6,8-9H,7,19H2,1H3. The summed E-state index contributed by atoms with van der Waals surface area (Å²) in [6.45, 7) is 1.71. The van der Waals surface area contributed by atoms with Crippen molar-refractivity contribution in [2.45, 2.75) is 25.7 Å². The number of alkyl halides is 3. The van der Waals surface area contributed by atoms with Crippen LogP contribution in [-0.4, -0.2) is 26.6 Å². The van der Waals surface area contributed by atoms with Crippen LogP contribution in [0, 0.1) is 0 Å². The maximum absolute atomic E-state index is 13.1. The number of aliphatic imine (C=N–C) groups is 1. The van der Waals surface area contributed by atoms with Crippen molar-refractivity contribution in [1.82, 2.24) is 14.9 Å². The van der Waals surface area contributed by atoms with E-state index in [1.807, 2.05) is 0 Å². The van der Waals surface area contributed by atoms with E-state index < -0.39 is 11.7 Å². The highest BCUT2D eigenvalue weighted by molar-refractivity contribution is 6.01. The maximum atomic E-state index is 13.1. The zero-order valence-corrected chi connectivity index (χ0v) is 12.7. The molecule has 2 aromatic heterocycles. The van der Waals surface area contributed by atoms with Crippen LogP contribution in [-0.2, 0) is 12.7 Å². The highest BCUT2D eigenvalue weighted by Gasteiger charge is 2.35. The van der Waals surface area contributed by atoms with Gasteiger partial charge in [0.1, 0.15) is 17.8 Å². The second-order valence-electron chi connectivity index (χ2n) is 5.23. The van der Waals surface area contributed by atoms with Gasteiger partial charge in [-0.25, -0.2) is 9.98 Å². The average molecular weight is 337 g/mol. The first-order valence-corrected chi connectivity index (χ1v) is 7.09. The lowest BCUT2D eigenvalue weighted by Gasteiger charge is -2.31. The van der Waals surface area contributed by atoms with Crippen molar-refractivity contribution >= 4 is 5.71 Å². The van der Waals surface area contributed by atoms with Crippen LogP contribution in [0.25, 0.3) is 0 Å². The molecule has 0 saturated carbocycles. The topological polar surface area (TPSA) is 80.5 Å². The number of pyridine rings is 1. The predicted octanol–water partition coefficient (Wildman–Crippen LogP) is 2.54. The smallest absolute Gasteiger partial charge is 0.418 e. The fraction of sp³-hybridized carbons (Fsp3) is 0.267. The summed E-state index contributed by atoms with van der Waals surface area (Å²) in [5.74, 6) is 0.436. The zero-order chi connectivity index (χ0) is 17.3. The minimum atomic E-state index is -4.47. The second kappa shape index (κ2) is 5.99. The van der Waals surface area contributed by atoms with Crippen LogP contribution in [0.1, 0.15) is 24.1 Å². The normalized spacial score (nSPS) is 18.3. The highest BCUT2D eigenvalue weighted by atomic mass is 19.4. The van der Waals surface area contributed by atoms with Crippen molar-refractivity contribution in [2.24, 2.45) is 10.7 Å². The van der Waals surface area contributed by atoms with Crippen molar-refractivity contribution in [3.8, 4) is 0 Å². The van der Waals surface area contributed by atoms with E-state index in [2.05, 4.69) is 15.0 Å². The largest absolute Gasteiger partial charge is 0.444 e. The van der Waals surface area contributed by atoms with E-state index in [0.29, 0.717) is 5.71 Å². The molecule has 24 heavy (non-hydrogen) atoms. The molecular weight excluding hydrogens is 323 g/mol. The summed E-state index contributed by atoms with van der Waals surface area (Å²) < 4.78 is 44.6. The number of aromatic nitrogens is 2. The van der Waals surface area contributed by atoms with Gasteiger partial charge < -0.3 is 15.1 Å². The van der Waals surface area contributed by atoms with E-state index in [1.54, 1.807) is 11.8 Å². The van der Waals surface area contributed by atoms with Gasteiger partial charge in [0.05, 0.1) is 30.0 Å². The lowest BCUT2D eigenvalue weighted by molar-refractivity contribution is -0.138. The van der Waals surface area contributed by atoms with Crippen molar-refractivity contribution < 1.29 is 17.6 Å². The Hall–Kier alpha value is -2.84. The minimum Gasteiger partial charge on any atom is -0.444 e. The van der Waals surface area contributed by atoms with E-state index in [0.717, 1.165) is 6.07 Å². The summed E-state index contributed by atoms with van der Waals surface area (Å²) in [7, 11) is 0. The minimum absolute atomic E-state index is 0.0721. The Balaban J connectivity index is 1.91. The molecule has 1 aliphatic rings. The van der Waals surface area contributed by atoms with Gasteiger partial charge >= 0.3 is 6.18 Å². The molecule has 3 rings (SSSR count). The molecule has 0 bridgehead atoms. The summed E-state index contributed by atoms with van der Waals surface area (Å²) in [5, 5.41) is 0. The van der Waals surface area contributed by atoms with Gasteiger partial charge in [0.25, 0.3) is 0 Å². The first-order valence-electron chi connectivity index (χ1n) is 7.09. The highest BCUT2D eigenvalue weighted by Crippen LogP contribution is 2.32. The van der Waals surface area contributed by atoms with Crippen LogP contribution in [0.2, 0.25) is 0 Å². The van der Waals surface area contributed by atoms with Crippen LogP contribution in [0.15, 0.2) is 52.2 Å². The number of nitrogens with two attached hydrogens (primary N) is 1. The molecule has 0 aliphatic carbocycles. The number of oxazole rings is 1. The first kappa shape index (κ1) is 16.0. The van der Waals surface area contributed by atoms with E-state index >= 15 is 0 Å². The number of rotatable bonds is 3. The van der Waals surface area contributed by atoms with Crippen LogP contribution >= 0.6 is 0 Å². The summed E-state index contributed by atoms with van der Waals surface area (Å²) in [6.07, 6.45) is 1.20. The van der Waals surface area contributed by atoms with Gasteiger partial charge in [-0.2, -0.15) is 13.2 Å². The van der Waals surface area contributed by atoms with E-state index in [-0.39, 0.29) is 30.0 Å². The molecule has 1 aliphatic heterocycles. The maximum Gasteiger partial charge on any atom is 0.418 e. The van der Waals surface area contributed by atoms with Crippen LogP contribution in [0.4, 0.5) is 13.2 Å². The number of hydrogen-bond acceptors (Lipinski definition) is 6. The lowest BCUT2D eigenvalue weighted by atomic mass is 10.1. The third-order valence-electron chi connectivity index (χ3n) is 3.62. The number of nitrogens with zero attached hydrogens (tertiary/aromatic N) is 4. The summed E-state index contributed by atoms with van der Waals surface area (Å²) in [4.78, 5) is 13.7. The Morgan fingerprint density at radius 1 is 1.29 bits per heavy atom. The quantitative estimate of drug-likeness (QED) is 0.931. The summed E-state index contributed by atoms with van der Waals surface area (Å²) >= 11 is 0. The Bertz CT molecular complexity index is 783. The van der Waals surface area contributed by atoms with Gasteiger partial charge in [0, 0.05) is 12.4 Å². The molecule has 3 heterocycles. The first-order chi connectivity index (χ1) is 11.4. The van der Waals surface area contributed by atoms with Gasteiger partial charge in [-0.3, -0.25) is 4.98 Å². The van der Waals surface area contributed by atoms with Crippen LogP contribution in [0.5, 0.6) is 0 Å². The molecule has 0 saturated heterocycles. The third-order valence-corrected chi connectivity index (χ3v) is 3.62. The Labute approximate surface area is 135 Å². The van der Waals surface area contributed by atoms with E-state index in [9.17, 15) is 13.2 Å². The summed E-state index contributed by atoms with van der Waals surface area (Å²) in [5.41, 5.74) is 5.37. The fourth-order valence-corrected chi connectivity index (χ4v) is 2.45. The monoisotopic (exact) mass is 337 g/mol. The molecule has 1 unspecified atom stereocenters. The average Bonchev–Trinajstić information content (AvgIpc) is 3.04. The van der Waals surface area contributed by atoms with Gasteiger partial charge in [-0.1, -0.05) is 0 Å². The molecule has 6 nitrogen and oxygen atoms in total. The van der Waals surface area contributed by atoms with Crippen molar-refractivity contribution in [1.29, 1.82) is 0 Å². The molecule has 126 valence electrons. The molecule has 9 heteroatoms. The van der Waals surface area contributed by atoms with Crippen molar-refractivity contribution in [3.63, 3.8) is 0 Å². The second-order valence-corrected chi connectivity index (χ2v) is 5.23. The molecule has 2 N–H and O–H groups in total. The molecule has 1 atom stereocenters. The third kappa shape index (κ3) is 3.10. The zero-order valence-electron chi connectivity index (χ0n) is 12.7. The predicted molar refractivity (Wildman–Crippen MR) is 79.6 cm³/mol. The molecule has 2 aromatic rings. The Morgan fingerprint density at radius 3 is 2.75 bits per heavy atom. The molecule has 0 radical (unpaired) electrons. The lowest BCUT2D eigenvalue weighted by Crippen LogP contribution is -2.39. The number of halogens is 3.